The molecule has 0 fully saturated rings. The van der Waals surface area contributed by atoms with Gasteiger partial charge in [-0.2, -0.15) is 0 Å². The van der Waals surface area contributed by atoms with Gasteiger partial charge in [0.1, 0.15) is 6.10 Å². The average Bonchev–Trinajstić information content (AvgIpc) is 2.94. The van der Waals surface area contributed by atoms with Gasteiger partial charge >= 0.3 is 0 Å². The molecule has 1 amide bonds. The fourth-order valence-corrected chi connectivity index (χ4v) is 4.83. The van der Waals surface area contributed by atoms with E-state index in [2.05, 4.69) is 31.3 Å². The van der Waals surface area contributed by atoms with Gasteiger partial charge in [0.15, 0.2) is 0 Å². The molecular formula is C34H65NO4. The minimum Gasteiger partial charge on any atom is -0.394 e. The van der Waals surface area contributed by atoms with Crippen LogP contribution in [-0.4, -0.2) is 46.1 Å². The van der Waals surface area contributed by atoms with Gasteiger partial charge in [0, 0.05) is 0 Å². The maximum atomic E-state index is 12.3. The Kier molecular flexibility index (Phi) is 28.9. The van der Waals surface area contributed by atoms with Crippen molar-refractivity contribution in [2.45, 2.75) is 180 Å². The quantitative estimate of drug-likeness (QED) is 0.0556. The normalized spacial score (nSPS) is 14.3. The van der Waals surface area contributed by atoms with Gasteiger partial charge in [-0.15, -0.1) is 0 Å². The largest absolute Gasteiger partial charge is 0.394 e. The lowest BCUT2D eigenvalue weighted by atomic mass is 10.0. The second-order valence-electron chi connectivity index (χ2n) is 11.4. The number of aliphatic hydroxyl groups is 3. The Morgan fingerprint density at radius 1 is 0.615 bits per heavy atom. The highest BCUT2D eigenvalue weighted by molar-refractivity contribution is 5.80. The summed E-state index contributed by atoms with van der Waals surface area (Å²) in [5.41, 5.74) is 0. The van der Waals surface area contributed by atoms with Crippen LogP contribution in [-0.2, 0) is 4.79 Å². The van der Waals surface area contributed by atoms with Crippen molar-refractivity contribution in [2.75, 3.05) is 6.61 Å². The molecule has 0 radical (unpaired) electrons. The van der Waals surface area contributed by atoms with Crippen molar-refractivity contribution in [1.82, 2.24) is 5.32 Å². The van der Waals surface area contributed by atoms with Gasteiger partial charge in [-0.1, -0.05) is 147 Å². The molecule has 5 heteroatoms. The number of carbonyl (C=O) groups is 1. The van der Waals surface area contributed by atoms with Crippen molar-refractivity contribution in [2.24, 2.45) is 0 Å². The van der Waals surface area contributed by atoms with Crippen molar-refractivity contribution in [3.8, 4) is 0 Å². The molecule has 230 valence electrons. The molecule has 1 unspecified atom stereocenters. The summed E-state index contributed by atoms with van der Waals surface area (Å²) in [5.74, 6) is -0.509. The van der Waals surface area contributed by atoms with Crippen molar-refractivity contribution < 1.29 is 20.1 Å². The van der Waals surface area contributed by atoms with E-state index in [9.17, 15) is 20.1 Å². The van der Waals surface area contributed by atoms with Gasteiger partial charge in [-0.25, -0.2) is 0 Å². The van der Waals surface area contributed by atoms with Crippen LogP contribution in [0.3, 0.4) is 0 Å². The van der Waals surface area contributed by atoms with E-state index in [0.717, 1.165) is 32.1 Å². The zero-order valence-electron chi connectivity index (χ0n) is 25.8. The summed E-state index contributed by atoms with van der Waals surface area (Å²) < 4.78 is 0. The Labute approximate surface area is 241 Å². The van der Waals surface area contributed by atoms with Crippen molar-refractivity contribution in [1.29, 1.82) is 0 Å². The lowest BCUT2D eigenvalue weighted by molar-refractivity contribution is -0.131. The summed E-state index contributed by atoms with van der Waals surface area (Å²) in [6, 6.07) is -0.795. The highest BCUT2D eigenvalue weighted by Crippen LogP contribution is 2.14. The first-order chi connectivity index (χ1) is 19.1. The molecule has 4 N–H and O–H groups in total. The topological polar surface area (TPSA) is 89.8 Å². The Morgan fingerprint density at radius 3 is 1.59 bits per heavy atom. The first kappa shape index (κ1) is 37.8. The number of amides is 1. The number of aliphatic hydroxyl groups excluding tert-OH is 3. The SMILES string of the molecule is CCC/C=C\CCCCCCCC/C=C/[C@@H](O)[C@H](CO)NC(=O)C(O)CCCCCCCCCCCCCC. The number of unbranched alkanes of at least 4 members (excludes halogenated alkanes) is 19. The fourth-order valence-electron chi connectivity index (χ4n) is 4.83. The van der Waals surface area contributed by atoms with Gasteiger partial charge < -0.3 is 20.6 Å². The van der Waals surface area contributed by atoms with Crippen molar-refractivity contribution >= 4 is 5.91 Å². The van der Waals surface area contributed by atoms with E-state index in [4.69, 9.17) is 0 Å². The summed E-state index contributed by atoms with van der Waals surface area (Å²) in [6.45, 7) is 4.09. The maximum Gasteiger partial charge on any atom is 0.249 e. The van der Waals surface area contributed by atoms with Crippen molar-refractivity contribution in [3.63, 3.8) is 0 Å². The third kappa shape index (κ3) is 25.5. The van der Waals surface area contributed by atoms with Crippen LogP contribution >= 0.6 is 0 Å². The predicted octanol–water partition coefficient (Wildman–Crippen LogP) is 8.31. The standard InChI is InChI=1S/C34H65NO4/c1-3-5-7-9-11-13-15-17-19-20-22-24-26-28-32(37)31(30-36)35-34(39)33(38)29-27-25-23-21-18-16-14-12-10-8-6-4-2/h7,9,26,28,31-33,36-38H,3-6,8,10-25,27,29-30H2,1-2H3,(H,35,39)/b9-7-,28-26+/t31-,32+,33?/m0/s1. The van der Waals surface area contributed by atoms with E-state index in [1.165, 1.54) is 109 Å². The average molecular weight is 552 g/mol. The van der Waals surface area contributed by atoms with Crippen LogP contribution in [0.4, 0.5) is 0 Å². The number of carbonyl (C=O) groups excluding carboxylic acids is 1. The zero-order chi connectivity index (χ0) is 28.8. The molecule has 0 aliphatic heterocycles. The lowest BCUT2D eigenvalue weighted by Crippen LogP contribution is -2.48. The molecule has 39 heavy (non-hydrogen) atoms. The third-order valence-corrected chi connectivity index (χ3v) is 7.52. The molecule has 0 heterocycles. The molecule has 0 saturated heterocycles. The number of rotatable bonds is 29. The zero-order valence-corrected chi connectivity index (χ0v) is 25.8. The summed E-state index contributed by atoms with van der Waals surface area (Å²) in [5, 5.41) is 32.8. The number of nitrogens with one attached hydrogen (secondary N) is 1. The van der Waals surface area contributed by atoms with Gasteiger partial charge in [0.05, 0.1) is 18.8 Å². The molecule has 0 aromatic heterocycles. The summed E-state index contributed by atoms with van der Waals surface area (Å²) in [7, 11) is 0. The Bertz CT molecular complexity index is 578. The minimum absolute atomic E-state index is 0.365. The Morgan fingerprint density at radius 2 is 1.08 bits per heavy atom. The Hall–Kier alpha value is -1.17. The second-order valence-corrected chi connectivity index (χ2v) is 11.4. The lowest BCUT2D eigenvalue weighted by Gasteiger charge is -2.21. The molecule has 0 saturated carbocycles. The van der Waals surface area contributed by atoms with Gasteiger partial charge in [-0.3, -0.25) is 4.79 Å². The molecule has 0 spiro atoms. The third-order valence-electron chi connectivity index (χ3n) is 7.52. The second kappa shape index (κ2) is 29.8. The van der Waals surface area contributed by atoms with Crippen molar-refractivity contribution in [3.05, 3.63) is 24.3 Å². The van der Waals surface area contributed by atoms with Crippen LogP contribution < -0.4 is 5.32 Å². The van der Waals surface area contributed by atoms with Crippen LogP contribution in [0.5, 0.6) is 0 Å². The van der Waals surface area contributed by atoms with E-state index in [1.807, 2.05) is 6.08 Å². The van der Waals surface area contributed by atoms with E-state index in [1.54, 1.807) is 6.08 Å². The van der Waals surface area contributed by atoms with Gasteiger partial charge in [0.2, 0.25) is 5.91 Å². The van der Waals surface area contributed by atoms with E-state index in [-0.39, 0.29) is 6.61 Å². The van der Waals surface area contributed by atoms with Crippen LogP contribution in [0.2, 0.25) is 0 Å². The number of hydrogen-bond acceptors (Lipinski definition) is 4. The predicted molar refractivity (Wildman–Crippen MR) is 167 cm³/mol. The molecular weight excluding hydrogens is 486 g/mol. The fraction of sp³-hybridized carbons (Fsp3) is 0.853. The minimum atomic E-state index is -1.09. The van der Waals surface area contributed by atoms with Crippen LogP contribution in [0.25, 0.3) is 0 Å². The van der Waals surface area contributed by atoms with Crippen LogP contribution in [0, 0.1) is 0 Å². The molecule has 0 aromatic rings. The van der Waals surface area contributed by atoms with Crippen LogP contribution in [0.1, 0.15) is 162 Å². The molecule has 0 aromatic carbocycles. The monoisotopic (exact) mass is 551 g/mol. The van der Waals surface area contributed by atoms with E-state index < -0.39 is 24.2 Å². The van der Waals surface area contributed by atoms with E-state index in [0.29, 0.717) is 6.42 Å². The number of allylic oxidation sites excluding steroid dienone is 3. The first-order valence-electron chi connectivity index (χ1n) is 16.7. The maximum absolute atomic E-state index is 12.3. The smallest absolute Gasteiger partial charge is 0.249 e. The van der Waals surface area contributed by atoms with E-state index >= 15 is 0 Å². The van der Waals surface area contributed by atoms with Gasteiger partial charge in [-0.05, 0) is 38.5 Å². The molecule has 3 atom stereocenters. The molecule has 0 rings (SSSR count). The number of hydrogen-bond donors (Lipinski definition) is 4. The first-order valence-corrected chi connectivity index (χ1v) is 16.7. The Balaban J connectivity index is 3.80. The summed E-state index contributed by atoms with van der Waals surface area (Å²) in [6.07, 6.45) is 33.3. The highest BCUT2D eigenvalue weighted by Gasteiger charge is 2.22. The summed E-state index contributed by atoms with van der Waals surface area (Å²) in [4.78, 5) is 12.3. The molecule has 0 aliphatic rings. The van der Waals surface area contributed by atoms with Gasteiger partial charge in [0.25, 0.3) is 0 Å². The molecule has 0 bridgehead atoms. The van der Waals surface area contributed by atoms with Crippen LogP contribution in [0.15, 0.2) is 24.3 Å². The summed E-state index contributed by atoms with van der Waals surface area (Å²) >= 11 is 0. The molecule has 0 aliphatic carbocycles. The highest BCUT2D eigenvalue weighted by atomic mass is 16.3. The molecule has 5 nitrogen and oxygen atoms in total.